The molecule has 2 N–H and O–H groups in total. The van der Waals surface area contributed by atoms with Crippen LogP contribution >= 0.6 is 0 Å². The van der Waals surface area contributed by atoms with Crippen LogP contribution in [0.2, 0.25) is 0 Å². The average Bonchev–Trinajstić information content (AvgIpc) is 2.78. The van der Waals surface area contributed by atoms with Crippen molar-refractivity contribution in [1.29, 1.82) is 0 Å². The Hall–Kier alpha value is -2.56. The van der Waals surface area contributed by atoms with Gasteiger partial charge in [0.2, 0.25) is 0 Å². The van der Waals surface area contributed by atoms with Gasteiger partial charge in [0.15, 0.2) is 0 Å². The fourth-order valence-corrected chi connectivity index (χ4v) is 2.32. The number of anilines is 1. The average molecular weight is 282 g/mol. The van der Waals surface area contributed by atoms with E-state index in [2.05, 4.69) is 16.0 Å². The number of hydrogen-bond acceptors (Lipinski definition) is 4. The van der Waals surface area contributed by atoms with Crippen LogP contribution in [0.15, 0.2) is 36.5 Å². The second-order valence-electron chi connectivity index (χ2n) is 5.04. The molecule has 5 nitrogen and oxygen atoms in total. The number of nitrogens with two attached hydrogens (primary N) is 1. The summed E-state index contributed by atoms with van der Waals surface area (Å²) in [6.07, 6.45) is 1.66. The Morgan fingerprint density at radius 1 is 1.19 bits per heavy atom. The summed E-state index contributed by atoms with van der Waals surface area (Å²) in [5.41, 5.74) is 7.80. The Balaban J connectivity index is 1.70. The molecule has 2 heterocycles. The number of rotatable bonds is 4. The molecular formula is C16H18N4O. The van der Waals surface area contributed by atoms with E-state index in [-0.39, 0.29) is 0 Å². The molecule has 0 saturated heterocycles. The van der Waals surface area contributed by atoms with Gasteiger partial charge in [0.1, 0.15) is 24.0 Å². The quantitative estimate of drug-likeness (QED) is 0.799. The van der Waals surface area contributed by atoms with Gasteiger partial charge >= 0.3 is 0 Å². The lowest BCUT2D eigenvalue weighted by Gasteiger charge is -2.10. The Bertz CT molecular complexity index is 760. The Morgan fingerprint density at radius 2 is 2.00 bits per heavy atom. The monoisotopic (exact) mass is 282 g/mol. The second-order valence-corrected chi connectivity index (χ2v) is 5.04. The minimum atomic E-state index is 0.540. The van der Waals surface area contributed by atoms with Crippen molar-refractivity contribution in [1.82, 2.24) is 14.5 Å². The molecule has 0 radical (unpaired) electrons. The zero-order valence-corrected chi connectivity index (χ0v) is 12.2. The van der Waals surface area contributed by atoms with Crippen molar-refractivity contribution >= 4 is 16.7 Å². The third-order valence-electron chi connectivity index (χ3n) is 3.47. The highest BCUT2D eigenvalue weighted by Crippen LogP contribution is 2.19. The summed E-state index contributed by atoms with van der Waals surface area (Å²) >= 11 is 0. The van der Waals surface area contributed by atoms with Crippen molar-refractivity contribution in [3.05, 3.63) is 48.0 Å². The third-order valence-corrected chi connectivity index (χ3v) is 3.47. The standard InChI is InChI=1S/C16H18N4O/c1-11-3-4-13-5-6-14(9-15(13)19-11)21-8-7-20-12(2)18-10-16(20)17/h3-6,9-10H,7-8,17H2,1-2H3. The molecule has 0 fully saturated rings. The number of aryl methyl sites for hydroxylation is 2. The molecule has 0 aliphatic rings. The molecular weight excluding hydrogens is 264 g/mol. The van der Waals surface area contributed by atoms with Crippen LogP contribution in [0.4, 0.5) is 5.82 Å². The van der Waals surface area contributed by atoms with Gasteiger partial charge < -0.3 is 15.0 Å². The summed E-state index contributed by atoms with van der Waals surface area (Å²) in [4.78, 5) is 8.67. The number of pyridine rings is 1. The van der Waals surface area contributed by atoms with Crippen LogP contribution in [0.1, 0.15) is 11.5 Å². The maximum atomic E-state index is 5.85. The maximum Gasteiger partial charge on any atom is 0.123 e. The van der Waals surface area contributed by atoms with E-state index < -0.39 is 0 Å². The first-order valence-electron chi connectivity index (χ1n) is 6.91. The summed E-state index contributed by atoms with van der Waals surface area (Å²) in [5, 5.41) is 1.11. The molecule has 0 spiro atoms. The van der Waals surface area contributed by atoms with Gasteiger partial charge in [0.05, 0.1) is 18.3 Å². The lowest BCUT2D eigenvalue weighted by atomic mass is 10.2. The van der Waals surface area contributed by atoms with Crippen molar-refractivity contribution in [2.75, 3.05) is 12.3 Å². The molecule has 3 aromatic rings. The highest BCUT2D eigenvalue weighted by molar-refractivity contribution is 5.80. The summed E-state index contributed by atoms with van der Waals surface area (Å²) in [6.45, 7) is 5.13. The van der Waals surface area contributed by atoms with Gasteiger partial charge in [-0.05, 0) is 32.0 Å². The molecule has 5 heteroatoms. The predicted molar refractivity (Wildman–Crippen MR) is 83.4 cm³/mol. The van der Waals surface area contributed by atoms with E-state index in [4.69, 9.17) is 10.5 Å². The van der Waals surface area contributed by atoms with Crippen LogP contribution in [-0.4, -0.2) is 21.1 Å². The smallest absolute Gasteiger partial charge is 0.123 e. The molecule has 0 saturated carbocycles. The van der Waals surface area contributed by atoms with Crippen molar-refractivity contribution in [3.63, 3.8) is 0 Å². The summed E-state index contributed by atoms with van der Waals surface area (Å²) in [6, 6.07) is 10.0. The highest BCUT2D eigenvalue weighted by Gasteiger charge is 2.04. The van der Waals surface area contributed by atoms with Crippen molar-refractivity contribution < 1.29 is 4.74 Å². The van der Waals surface area contributed by atoms with E-state index in [1.165, 1.54) is 0 Å². The maximum absolute atomic E-state index is 5.85. The van der Waals surface area contributed by atoms with E-state index in [1.807, 2.05) is 42.7 Å². The largest absolute Gasteiger partial charge is 0.492 e. The van der Waals surface area contributed by atoms with E-state index in [9.17, 15) is 0 Å². The number of fused-ring (bicyclic) bond motifs is 1. The van der Waals surface area contributed by atoms with Gasteiger partial charge in [0.25, 0.3) is 0 Å². The zero-order valence-electron chi connectivity index (χ0n) is 12.2. The minimum Gasteiger partial charge on any atom is -0.492 e. The van der Waals surface area contributed by atoms with E-state index in [0.29, 0.717) is 19.0 Å². The number of hydrogen-bond donors (Lipinski definition) is 1. The fraction of sp³-hybridized carbons (Fsp3) is 0.250. The highest BCUT2D eigenvalue weighted by atomic mass is 16.5. The summed E-state index contributed by atoms with van der Waals surface area (Å²) in [5.74, 6) is 2.37. The van der Waals surface area contributed by atoms with Gasteiger partial charge in [-0.2, -0.15) is 0 Å². The van der Waals surface area contributed by atoms with Crippen molar-refractivity contribution in [2.24, 2.45) is 0 Å². The number of aromatic nitrogens is 3. The topological polar surface area (TPSA) is 66.0 Å². The fourth-order valence-electron chi connectivity index (χ4n) is 2.32. The Morgan fingerprint density at radius 3 is 2.76 bits per heavy atom. The molecule has 0 bridgehead atoms. The molecule has 0 amide bonds. The number of nitrogens with zero attached hydrogens (tertiary/aromatic N) is 3. The van der Waals surface area contributed by atoms with E-state index in [1.54, 1.807) is 6.20 Å². The number of nitrogen functional groups attached to an aromatic ring is 1. The van der Waals surface area contributed by atoms with Crippen LogP contribution in [0.3, 0.4) is 0 Å². The van der Waals surface area contributed by atoms with Crippen LogP contribution in [0, 0.1) is 13.8 Å². The Labute approximate surface area is 123 Å². The molecule has 1 aromatic carbocycles. The molecule has 0 aliphatic heterocycles. The van der Waals surface area contributed by atoms with Crippen molar-refractivity contribution in [3.8, 4) is 5.75 Å². The molecule has 0 atom stereocenters. The van der Waals surface area contributed by atoms with Crippen LogP contribution in [-0.2, 0) is 6.54 Å². The Kier molecular flexibility index (Phi) is 3.48. The lowest BCUT2D eigenvalue weighted by molar-refractivity contribution is 0.298. The van der Waals surface area contributed by atoms with Gasteiger partial charge in [-0.1, -0.05) is 6.07 Å². The van der Waals surface area contributed by atoms with Gasteiger partial charge in [0, 0.05) is 17.1 Å². The van der Waals surface area contributed by atoms with Gasteiger partial charge in [-0.15, -0.1) is 0 Å². The second kappa shape index (κ2) is 5.44. The summed E-state index contributed by atoms with van der Waals surface area (Å²) < 4.78 is 7.73. The lowest BCUT2D eigenvalue weighted by Crippen LogP contribution is -2.11. The molecule has 3 rings (SSSR count). The minimum absolute atomic E-state index is 0.540. The zero-order chi connectivity index (χ0) is 14.8. The SMILES string of the molecule is Cc1ccc2ccc(OCCn3c(N)cnc3C)cc2n1. The molecule has 0 unspecified atom stereocenters. The number of ether oxygens (including phenoxy) is 1. The van der Waals surface area contributed by atoms with Crippen molar-refractivity contribution in [2.45, 2.75) is 20.4 Å². The van der Waals surface area contributed by atoms with Crippen LogP contribution < -0.4 is 10.5 Å². The first-order valence-corrected chi connectivity index (χ1v) is 6.91. The molecule has 0 aliphatic carbocycles. The summed E-state index contributed by atoms with van der Waals surface area (Å²) in [7, 11) is 0. The number of benzene rings is 1. The van der Waals surface area contributed by atoms with E-state index >= 15 is 0 Å². The van der Waals surface area contributed by atoms with Crippen LogP contribution in [0.25, 0.3) is 10.9 Å². The normalized spacial score (nSPS) is 11.0. The first-order chi connectivity index (χ1) is 10.1. The van der Waals surface area contributed by atoms with Crippen LogP contribution in [0.5, 0.6) is 5.75 Å². The first kappa shape index (κ1) is 13.4. The molecule has 108 valence electrons. The third kappa shape index (κ3) is 2.81. The van der Waals surface area contributed by atoms with Gasteiger partial charge in [-0.25, -0.2) is 4.98 Å². The molecule has 21 heavy (non-hydrogen) atoms. The number of imidazole rings is 1. The molecule has 2 aromatic heterocycles. The van der Waals surface area contributed by atoms with Gasteiger partial charge in [-0.3, -0.25) is 4.98 Å². The van der Waals surface area contributed by atoms with E-state index in [0.717, 1.165) is 28.2 Å². The predicted octanol–water partition coefficient (Wildman–Crippen LogP) is 2.71.